The Balaban J connectivity index is 1.61. The van der Waals surface area contributed by atoms with Crippen molar-refractivity contribution in [2.45, 2.75) is 0 Å². The third-order valence-electron chi connectivity index (χ3n) is 5.03. The zero-order valence-corrected chi connectivity index (χ0v) is 18.6. The molecule has 0 bridgehead atoms. The van der Waals surface area contributed by atoms with Gasteiger partial charge in [0.05, 0.1) is 26.1 Å². The average Bonchev–Trinajstić information content (AvgIpc) is 3.32. The van der Waals surface area contributed by atoms with Crippen molar-refractivity contribution in [2.24, 2.45) is 5.10 Å². The number of rotatable bonds is 8. The molecule has 1 amide bonds. The van der Waals surface area contributed by atoms with Gasteiger partial charge in [0.1, 0.15) is 5.69 Å². The van der Waals surface area contributed by atoms with Crippen molar-refractivity contribution in [1.29, 1.82) is 0 Å². The van der Waals surface area contributed by atoms with Crippen molar-refractivity contribution in [2.75, 3.05) is 14.2 Å². The Morgan fingerprint density at radius 2 is 1.56 bits per heavy atom. The van der Waals surface area contributed by atoms with Gasteiger partial charge in [-0.1, -0.05) is 48.5 Å². The van der Waals surface area contributed by atoms with Crippen LogP contribution in [0.25, 0.3) is 5.69 Å². The largest absolute Gasteiger partial charge is 0.493 e. The fraction of sp³-hybridized carbons (Fsp3) is 0.0769. The minimum atomic E-state index is -0.441. The summed E-state index contributed by atoms with van der Waals surface area (Å²) < 4.78 is 12.0. The van der Waals surface area contributed by atoms with Crippen molar-refractivity contribution < 1.29 is 19.1 Å². The first-order valence-electron chi connectivity index (χ1n) is 10.4. The molecule has 1 N–H and O–H groups in total. The molecule has 34 heavy (non-hydrogen) atoms. The van der Waals surface area contributed by atoms with Crippen molar-refractivity contribution in [3.8, 4) is 17.2 Å². The van der Waals surface area contributed by atoms with Crippen LogP contribution in [0.1, 0.15) is 32.0 Å². The average molecular weight is 454 g/mol. The number of aromatic nitrogens is 2. The Morgan fingerprint density at radius 3 is 2.24 bits per heavy atom. The maximum Gasteiger partial charge on any atom is 0.271 e. The summed E-state index contributed by atoms with van der Waals surface area (Å²) in [6, 6.07) is 23.1. The van der Waals surface area contributed by atoms with E-state index in [4.69, 9.17) is 9.47 Å². The molecular formula is C26H22N4O4. The molecule has 8 heteroatoms. The van der Waals surface area contributed by atoms with E-state index in [1.807, 2.05) is 36.4 Å². The number of carbonyl (C=O) groups excluding carboxylic acids is 2. The summed E-state index contributed by atoms with van der Waals surface area (Å²) in [6.07, 6.45) is 3.10. The zero-order chi connectivity index (χ0) is 23.9. The zero-order valence-electron chi connectivity index (χ0n) is 18.6. The van der Waals surface area contributed by atoms with Crippen LogP contribution in [0.4, 0.5) is 0 Å². The SMILES string of the molecule is COc1ccc(C(=O)N/N=C/c2cn(-c3ccccc3)nc2C(=O)c2ccccc2)cc1OC. The normalized spacial score (nSPS) is 10.8. The van der Waals surface area contributed by atoms with Crippen LogP contribution in [0.2, 0.25) is 0 Å². The van der Waals surface area contributed by atoms with Crippen LogP contribution in [0.15, 0.2) is 90.2 Å². The van der Waals surface area contributed by atoms with E-state index < -0.39 is 5.91 Å². The van der Waals surface area contributed by atoms with Crippen LogP contribution in [-0.4, -0.2) is 41.9 Å². The second-order valence-electron chi connectivity index (χ2n) is 7.18. The second-order valence-corrected chi connectivity index (χ2v) is 7.18. The smallest absolute Gasteiger partial charge is 0.271 e. The molecule has 0 atom stereocenters. The molecule has 0 spiro atoms. The molecule has 0 unspecified atom stereocenters. The van der Waals surface area contributed by atoms with Gasteiger partial charge in [0, 0.05) is 22.9 Å². The summed E-state index contributed by atoms with van der Waals surface area (Å²) in [5.74, 6) is 0.255. The highest BCUT2D eigenvalue weighted by atomic mass is 16.5. The maximum absolute atomic E-state index is 13.1. The van der Waals surface area contributed by atoms with E-state index in [0.29, 0.717) is 28.2 Å². The molecule has 4 aromatic rings. The summed E-state index contributed by atoms with van der Waals surface area (Å²) in [5.41, 5.74) is 4.80. The number of hydrogen-bond acceptors (Lipinski definition) is 6. The monoisotopic (exact) mass is 454 g/mol. The van der Waals surface area contributed by atoms with Gasteiger partial charge < -0.3 is 9.47 Å². The molecule has 0 aliphatic carbocycles. The summed E-state index contributed by atoms with van der Waals surface area (Å²) in [5, 5.41) is 8.54. The van der Waals surface area contributed by atoms with Crippen LogP contribution in [0, 0.1) is 0 Å². The van der Waals surface area contributed by atoms with E-state index in [0.717, 1.165) is 5.69 Å². The van der Waals surface area contributed by atoms with Crippen LogP contribution in [0.5, 0.6) is 11.5 Å². The molecule has 0 saturated heterocycles. The standard InChI is InChI=1S/C26H22N4O4/c1-33-22-14-13-19(15-23(22)34-2)26(32)28-27-16-20-17-30(21-11-7-4-8-12-21)29-24(20)25(31)18-9-5-3-6-10-18/h3-17H,1-2H3,(H,28,32)/b27-16+. The molecule has 0 aliphatic rings. The molecule has 3 aromatic carbocycles. The number of ether oxygens (including phenoxy) is 2. The van der Waals surface area contributed by atoms with Crippen molar-refractivity contribution in [1.82, 2.24) is 15.2 Å². The number of nitrogens with one attached hydrogen (secondary N) is 1. The van der Waals surface area contributed by atoms with Gasteiger partial charge in [-0.3, -0.25) is 9.59 Å². The molecule has 1 aromatic heterocycles. The lowest BCUT2D eigenvalue weighted by molar-refractivity contribution is 0.0954. The first-order valence-corrected chi connectivity index (χ1v) is 10.4. The number of para-hydroxylation sites is 1. The fourth-order valence-electron chi connectivity index (χ4n) is 3.30. The van der Waals surface area contributed by atoms with Crippen LogP contribution < -0.4 is 14.9 Å². The van der Waals surface area contributed by atoms with Crippen LogP contribution >= 0.6 is 0 Å². The highest BCUT2D eigenvalue weighted by Gasteiger charge is 2.18. The lowest BCUT2D eigenvalue weighted by Crippen LogP contribution is -2.18. The first-order chi connectivity index (χ1) is 16.6. The van der Waals surface area contributed by atoms with Crippen molar-refractivity contribution >= 4 is 17.9 Å². The third-order valence-corrected chi connectivity index (χ3v) is 5.03. The van der Waals surface area contributed by atoms with Gasteiger partial charge in [0.15, 0.2) is 11.5 Å². The molecule has 0 radical (unpaired) electrons. The van der Waals surface area contributed by atoms with Crippen LogP contribution in [-0.2, 0) is 0 Å². The number of hydrogen-bond donors (Lipinski definition) is 1. The quantitative estimate of drug-likeness (QED) is 0.248. The van der Waals surface area contributed by atoms with E-state index in [1.54, 1.807) is 53.3 Å². The molecule has 170 valence electrons. The van der Waals surface area contributed by atoms with Gasteiger partial charge in [-0.15, -0.1) is 0 Å². The molecule has 4 rings (SSSR count). The highest BCUT2D eigenvalue weighted by molar-refractivity contribution is 6.12. The Morgan fingerprint density at radius 1 is 0.882 bits per heavy atom. The van der Waals surface area contributed by atoms with Gasteiger partial charge in [-0.2, -0.15) is 10.2 Å². The Bertz CT molecular complexity index is 1330. The molecule has 0 aliphatic heterocycles. The van der Waals surface area contributed by atoms with Gasteiger partial charge >= 0.3 is 0 Å². The lowest BCUT2D eigenvalue weighted by Gasteiger charge is -2.08. The number of ketones is 1. The number of amides is 1. The molecular weight excluding hydrogens is 432 g/mol. The Hall–Kier alpha value is -4.72. The van der Waals surface area contributed by atoms with Crippen molar-refractivity contribution in [3.05, 3.63) is 107 Å². The number of methoxy groups -OCH3 is 2. The van der Waals surface area contributed by atoms with Gasteiger partial charge in [0.2, 0.25) is 5.78 Å². The van der Waals surface area contributed by atoms with E-state index in [-0.39, 0.29) is 11.5 Å². The molecule has 0 saturated carbocycles. The lowest BCUT2D eigenvalue weighted by atomic mass is 10.1. The number of nitrogens with zero attached hydrogens (tertiary/aromatic N) is 3. The number of benzene rings is 3. The van der Waals surface area contributed by atoms with Crippen molar-refractivity contribution in [3.63, 3.8) is 0 Å². The highest BCUT2D eigenvalue weighted by Crippen LogP contribution is 2.27. The summed E-state index contributed by atoms with van der Waals surface area (Å²) in [7, 11) is 3.01. The van der Waals surface area contributed by atoms with Gasteiger partial charge in [-0.25, -0.2) is 10.1 Å². The second kappa shape index (κ2) is 10.3. The topological polar surface area (TPSA) is 94.8 Å². The number of hydrazone groups is 1. The van der Waals surface area contributed by atoms with Crippen LogP contribution in [0.3, 0.4) is 0 Å². The number of carbonyl (C=O) groups is 2. The van der Waals surface area contributed by atoms with E-state index in [2.05, 4.69) is 15.6 Å². The Kier molecular flexibility index (Phi) is 6.78. The summed E-state index contributed by atoms with van der Waals surface area (Å²) >= 11 is 0. The van der Waals surface area contributed by atoms with E-state index in [1.165, 1.54) is 20.4 Å². The van der Waals surface area contributed by atoms with E-state index in [9.17, 15) is 9.59 Å². The van der Waals surface area contributed by atoms with Gasteiger partial charge in [-0.05, 0) is 30.3 Å². The molecule has 8 nitrogen and oxygen atoms in total. The fourth-order valence-corrected chi connectivity index (χ4v) is 3.30. The summed E-state index contributed by atoms with van der Waals surface area (Å²) in [4.78, 5) is 25.7. The van der Waals surface area contributed by atoms with Gasteiger partial charge in [0.25, 0.3) is 5.91 Å². The minimum Gasteiger partial charge on any atom is -0.493 e. The minimum absolute atomic E-state index is 0.221. The molecule has 1 heterocycles. The first kappa shape index (κ1) is 22.5. The Labute approximate surface area is 196 Å². The maximum atomic E-state index is 13.1. The third kappa shape index (κ3) is 4.86. The predicted molar refractivity (Wildman–Crippen MR) is 128 cm³/mol. The molecule has 0 fully saturated rings. The van der Waals surface area contributed by atoms with E-state index >= 15 is 0 Å². The predicted octanol–water partition coefficient (Wildman–Crippen LogP) is 3.88. The summed E-state index contributed by atoms with van der Waals surface area (Å²) in [6.45, 7) is 0.